The summed E-state index contributed by atoms with van der Waals surface area (Å²) in [6.07, 6.45) is -2.31. The Hall–Kier alpha value is -3.47. The summed E-state index contributed by atoms with van der Waals surface area (Å²) in [4.78, 5) is 63.5. The van der Waals surface area contributed by atoms with Gasteiger partial charge in [0, 0.05) is 33.6 Å². The Morgan fingerprint density at radius 2 is 1.33 bits per heavy atom. The molecule has 11 nitrogen and oxygen atoms in total. The third kappa shape index (κ3) is 10.6. The molecule has 0 heterocycles. The van der Waals surface area contributed by atoms with E-state index < -0.39 is 54.0 Å². The summed E-state index contributed by atoms with van der Waals surface area (Å²) in [6.45, 7) is 5.60. The molecule has 11 heteroatoms. The van der Waals surface area contributed by atoms with E-state index in [1.54, 1.807) is 37.3 Å². The number of hydrogen-bond donors (Lipinski definition) is 1. The second-order valence-corrected chi connectivity index (χ2v) is 7.17. The number of hydrogen-bond acceptors (Lipinski definition) is 11. The van der Waals surface area contributed by atoms with Crippen molar-refractivity contribution in [2.75, 3.05) is 13.2 Å². The SMILES string of the molecule is CC(=O)OC[C@H](NOC(=O)c1ccccc1)[C@@H](C)[C@H](OC(C)=O)[C@@H](COC(C)=O)OC(C)=O. The topological polar surface area (TPSA) is 144 Å². The molecule has 4 atom stereocenters. The molecule has 0 aliphatic rings. The molecule has 1 rings (SSSR count). The molecular weight excluding hydrogens is 438 g/mol. The van der Waals surface area contributed by atoms with Crippen LogP contribution in [-0.2, 0) is 43.0 Å². The average Bonchev–Trinajstić information content (AvgIpc) is 2.74. The van der Waals surface area contributed by atoms with Crippen molar-refractivity contribution in [1.82, 2.24) is 5.48 Å². The second kappa shape index (κ2) is 13.8. The van der Waals surface area contributed by atoms with E-state index in [2.05, 4.69) is 5.48 Å². The maximum Gasteiger partial charge on any atom is 0.356 e. The zero-order chi connectivity index (χ0) is 25.0. The first-order chi connectivity index (χ1) is 15.5. The highest BCUT2D eigenvalue weighted by Crippen LogP contribution is 2.21. The molecule has 0 saturated heterocycles. The molecule has 0 aromatic heterocycles. The number of ether oxygens (including phenoxy) is 4. The van der Waals surface area contributed by atoms with Crippen molar-refractivity contribution in [2.24, 2.45) is 5.92 Å². The van der Waals surface area contributed by atoms with Crippen molar-refractivity contribution < 1.29 is 47.8 Å². The number of rotatable bonds is 12. The van der Waals surface area contributed by atoms with Crippen molar-refractivity contribution in [3.8, 4) is 0 Å². The van der Waals surface area contributed by atoms with Crippen LogP contribution in [-0.4, -0.2) is 61.3 Å². The molecule has 33 heavy (non-hydrogen) atoms. The Morgan fingerprint density at radius 3 is 1.85 bits per heavy atom. The van der Waals surface area contributed by atoms with Gasteiger partial charge in [0.15, 0.2) is 6.10 Å². The number of benzene rings is 1. The Morgan fingerprint density at radius 1 is 0.788 bits per heavy atom. The molecule has 0 aliphatic carbocycles. The normalized spacial score (nSPS) is 14.1. The third-order valence-electron chi connectivity index (χ3n) is 4.37. The van der Waals surface area contributed by atoms with Crippen LogP contribution in [0.25, 0.3) is 0 Å². The maximum atomic E-state index is 12.3. The van der Waals surface area contributed by atoms with E-state index in [4.69, 9.17) is 23.8 Å². The quantitative estimate of drug-likeness (QED) is 0.270. The fourth-order valence-electron chi connectivity index (χ4n) is 2.81. The molecule has 0 amide bonds. The van der Waals surface area contributed by atoms with Gasteiger partial charge in [-0.2, -0.15) is 0 Å². The fourth-order valence-corrected chi connectivity index (χ4v) is 2.81. The second-order valence-electron chi connectivity index (χ2n) is 7.17. The van der Waals surface area contributed by atoms with Gasteiger partial charge in [-0.25, -0.2) is 4.79 Å². The fraction of sp³-hybridized carbons (Fsp3) is 0.500. The molecule has 182 valence electrons. The third-order valence-corrected chi connectivity index (χ3v) is 4.37. The van der Waals surface area contributed by atoms with Gasteiger partial charge in [0.2, 0.25) is 0 Å². The van der Waals surface area contributed by atoms with Gasteiger partial charge in [-0.15, -0.1) is 5.48 Å². The van der Waals surface area contributed by atoms with Crippen LogP contribution in [0.15, 0.2) is 30.3 Å². The van der Waals surface area contributed by atoms with Crippen molar-refractivity contribution in [3.05, 3.63) is 35.9 Å². The van der Waals surface area contributed by atoms with E-state index in [0.29, 0.717) is 0 Å². The van der Waals surface area contributed by atoms with Crippen LogP contribution >= 0.6 is 0 Å². The van der Waals surface area contributed by atoms with Gasteiger partial charge >= 0.3 is 29.8 Å². The minimum absolute atomic E-state index is 0.267. The minimum Gasteiger partial charge on any atom is -0.464 e. The van der Waals surface area contributed by atoms with E-state index in [1.807, 2.05) is 0 Å². The van der Waals surface area contributed by atoms with Crippen molar-refractivity contribution in [1.29, 1.82) is 0 Å². The standard InChI is InChI=1S/C22H29NO10/c1-13(21(32-17(5)27)20(31-16(4)26)12-30-15(3)25)19(11-29-14(2)24)23-33-22(28)18-9-7-6-8-10-18/h6-10,13,19-21,23H,11-12H2,1-5H3/t13-,19+,20-,21+/m1/s1. The van der Waals surface area contributed by atoms with Gasteiger partial charge in [-0.1, -0.05) is 25.1 Å². The van der Waals surface area contributed by atoms with Crippen molar-refractivity contribution >= 4 is 29.8 Å². The molecule has 0 saturated carbocycles. The molecule has 1 aromatic carbocycles. The van der Waals surface area contributed by atoms with Crippen LogP contribution in [0.5, 0.6) is 0 Å². The van der Waals surface area contributed by atoms with E-state index in [9.17, 15) is 24.0 Å². The first-order valence-electron chi connectivity index (χ1n) is 10.1. The molecule has 1 aromatic rings. The van der Waals surface area contributed by atoms with Crippen molar-refractivity contribution in [2.45, 2.75) is 52.9 Å². The number of esters is 4. The van der Waals surface area contributed by atoms with Gasteiger partial charge in [-0.3, -0.25) is 19.2 Å². The van der Waals surface area contributed by atoms with Gasteiger partial charge in [0.05, 0.1) is 11.6 Å². The number of carbonyl (C=O) groups is 5. The summed E-state index contributed by atoms with van der Waals surface area (Å²) in [5.74, 6) is -4.07. The van der Waals surface area contributed by atoms with E-state index in [1.165, 1.54) is 13.8 Å². The maximum absolute atomic E-state index is 12.3. The predicted octanol–water partition coefficient (Wildman–Crippen LogP) is 1.34. The number of hydroxylamine groups is 1. The molecule has 1 N–H and O–H groups in total. The van der Waals surface area contributed by atoms with Crippen LogP contribution < -0.4 is 5.48 Å². The van der Waals surface area contributed by atoms with E-state index >= 15 is 0 Å². The largest absolute Gasteiger partial charge is 0.464 e. The highest BCUT2D eigenvalue weighted by atomic mass is 16.7. The first-order valence-corrected chi connectivity index (χ1v) is 10.1. The van der Waals surface area contributed by atoms with Crippen molar-refractivity contribution in [3.63, 3.8) is 0 Å². The Bertz CT molecular complexity index is 826. The monoisotopic (exact) mass is 467 g/mol. The Balaban J connectivity index is 3.12. The lowest BCUT2D eigenvalue weighted by molar-refractivity contribution is -0.180. The smallest absolute Gasteiger partial charge is 0.356 e. The molecule has 0 spiro atoms. The summed E-state index contributed by atoms with van der Waals surface area (Å²) >= 11 is 0. The lowest BCUT2D eigenvalue weighted by Crippen LogP contribution is -2.51. The van der Waals surface area contributed by atoms with E-state index in [-0.39, 0.29) is 18.8 Å². The Kier molecular flexibility index (Phi) is 11.6. The van der Waals surface area contributed by atoms with Gasteiger partial charge < -0.3 is 23.8 Å². The zero-order valence-corrected chi connectivity index (χ0v) is 19.2. The lowest BCUT2D eigenvalue weighted by atomic mass is 9.92. The molecular formula is C22H29NO10. The summed E-state index contributed by atoms with van der Waals surface area (Å²) in [7, 11) is 0. The van der Waals surface area contributed by atoms with Crippen LogP contribution in [0.3, 0.4) is 0 Å². The van der Waals surface area contributed by atoms with E-state index in [0.717, 1.165) is 13.8 Å². The minimum atomic E-state index is -1.17. The number of carbonyl (C=O) groups excluding carboxylic acids is 5. The molecule has 0 radical (unpaired) electrons. The molecule has 0 bridgehead atoms. The molecule has 0 unspecified atom stereocenters. The van der Waals surface area contributed by atoms with Gasteiger partial charge in [0.1, 0.15) is 19.3 Å². The predicted molar refractivity (Wildman–Crippen MR) is 112 cm³/mol. The molecule has 0 fully saturated rings. The van der Waals surface area contributed by atoms with Gasteiger partial charge in [-0.05, 0) is 12.1 Å². The highest BCUT2D eigenvalue weighted by molar-refractivity contribution is 5.89. The van der Waals surface area contributed by atoms with Crippen LogP contribution in [0.2, 0.25) is 0 Å². The lowest BCUT2D eigenvalue weighted by Gasteiger charge is -2.34. The molecule has 0 aliphatic heterocycles. The van der Waals surface area contributed by atoms with Crippen LogP contribution in [0.4, 0.5) is 0 Å². The van der Waals surface area contributed by atoms with Gasteiger partial charge in [0.25, 0.3) is 0 Å². The highest BCUT2D eigenvalue weighted by Gasteiger charge is 2.38. The Labute approximate surface area is 191 Å². The van der Waals surface area contributed by atoms with Crippen LogP contribution in [0, 0.1) is 5.92 Å². The summed E-state index contributed by atoms with van der Waals surface area (Å²) in [5.41, 5.74) is 2.80. The zero-order valence-electron chi connectivity index (χ0n) is 19.2. The first kappa shape index (κ1) is 27.6. The summed E-state index contributed by atoms with van der Waals surface area (Å²) in [6, 6.07) is 7.26. The van der Waals surface area contributed by atoms with Crippen LogP contribution in [0.1, 0.15) is 45.0 Å². The average molecular weight is 467 g/mol. The summed E-state index contributed by atoms with van der Waals surface area (Å²) in [5, 5.41) is 0. The summed E-state index contributed by atoms with van der Waals surface area (Å²) < 4.78 is 20.6. The number of nitrogens with one attached hydrogen (secondary N) is 1.